The van der Waals surface area contributed by atoms with Crippen LogP contribution in [0, 0.1) is 5.92 Å². The molecule has 1 atom stereocenters. The summed E-state index contributed by atoms with van der Waals surface area (Å²) < 4.78 is 37.5. The number of aliphatic hydroxyl groups excluding tert-OH is 1. The van der Waals surface area contributed by atoms with E-state index in [1.165, 1.54) is 18.6 Å². The van der Waals surface area contributed by atoms with Crippen LogP contribution in [0.3, 0.4) is 0 Å². The van der Waals surface area contributed by atoms with E-state index < -0.39 is 18.0 Å². The molecule has 2 rings (SSSR count). The number of aliphatic hydroxyl groups is 1. The Morgan fingerprint density at radius 1 is 1.19 bits per heavy atom. The molecular formula is C16H22F3NO. The molecule has 1 aliphatic rings. The number of hydrogen-bond acceptors (Lipinski definition) is 2. The predicted molar refractivity (Wildman–Crippen MR) is 75.7 cm³/mol. The Bertz CT molecular complexity index is 436. The van der Waals surface area contributed by atoms with Gasteiger partial charge in [-0.2, -0.15) is 13.2 Å². The highest BCUT2D eigenvalue weighted by Crippen LogP contribution is 2.29. The van der Waals surface area contributed by atoms with Crippen molar-refractivity contribution in [3.8, 4) is 0 Å². The fourth-order valence-corrected chi connectivity index (χ4v) is 2.83. The maximum absolute atomic E-state index is 12.5. The summed E-state index contributed by atoms with van der Waals surface area (Å²) >= 11 is 0. The SMILES string of the molecule is CCC1CCN(C(O)Cc2ccc(C(F)(F)F)cc2)CC1. The van der Waals surface area contributed by atoms with E-state index in [4.69, 9.17) is 0 Å². The van der Waals surface area contributed by atoms with Crippen LogP contribution in [0.4, 0.5) is 13.2 Å². The quantitative estimate of drug-likeness (QED) is 0.917. The lowest BCUT2D eigenvalue weighted by Crippen LogP contribution is -2.42. The van der Waals surface area contributed by atoms with Gasteiger partial charge in [0, 0.05) is 19.5 Å². The summed E-state index contributed by atoms with van der Waals surface area (Å²) in [5.74, 6) is 0.736. The summed E-state index contributed by atoms with van der Waals surface area (Å²) in [6.45, 7) is 3.90. The number of alkyl halides is 3. The third-order valence-electron chi connectivity index (χ3n) is 4.35. The second-order valence-electron chi connectivity index (χ2n) is 5.77. The smallest absolute Gasteiger partial charge is 0.378 e. The topological polar surface area (TPSA) is 23.5 Å². The maximum Gasteiger partial charge on any atom is 0.416 e. The van der Waals surface area contributed by atoms with Crippen LogP contribution in [0.15, 0.2) is 24.3 Å². The molecule has 1 aromatic rings. The van der Waals surface area contributed by atoms with Crippen molar-refractivity contribution in [2.24, 2.45) is 5.92 Å². The van der Waals surface area contributed by atoms with Crippen molar-refractivity contribution in [2.75, 3.05) is 13.1 Å². The summed E-state index contributed by atoms with van der Waals surface area (Å²) in [6, 6.07) is 5.05. The van der Waals surface area contributed by atoms with Gasteiger partial charge < -0.3 is 5.11 Å². The van der Waals surface area contributed by atoms with Gasteiger partial charge in [-0.15, -0.1) is 0 Å². The van der Waals surface area contributed by atoms with Gasteiger partial charge in [0.05, 0.1) is 5.56 Å². The molecule has 1 N–H and O–H groups in total. The molecule has 118 valence electrons. The molecule has 21 heavy (non-hydrogen) atoms. The Balaban J connectivity index is 1.89. The molecule has 0 radical (unpaired) electrons. The summed E-state index contributed by atoms with van der Waals surface area (Å²) in [5.41, 5.74) is 0.0811. The Morgan fingerprint density at radius 2 is 1.76 bits per heavy atom. The highest BCUT2D eigenvalue weighted by molar-refractivity contribution is 5.25. The predicted octanol–water partition coefficient (Wildman–Crippen LogP) is 3.69. The molecule has 0 saturated carbocycles. The average molecular weight is 301 g/mol. The van der Waals surface area contributed by atoms with E-state index in [9.17, 15) is 18.3 Å². The van der Waals surface area contributed by atoms with Crippen molar-refractivity contribution < 1.29 is 18.3 Å². The first kappa shape index (κ1) is 16.3. The van der Waals surface area contributed by atoms with Crippen LogP contribution >= 0.6 is 0 Å². The highest BCUT2D eigenvalue weighted by Gasteiger charge is 2.30. The van der Waals surface area contributed by atoms with Crippen LogP contribution in [-0.2, 0) is 12.6 Å². The zero-order chi connectivity index (χ0) is 15.5. The first-order valence-electron chi connectivity index (χ1n) is 7.48. The fraction of sp³-hybridized carbons (Fsp3) is 0.625. The van der Waals surface area contributed by atoms with E-state index in [0.29, 0.717) is 6.42 Å². The lowest BCUT2D eigenvalue weighted by molar-refractivity contribution is -0.137. The maximum atomic E-state index is 12.5. The molecule has 0 aliphatic carbocycles. The lowest BCUT2D eigenvalue weighted by atomic mass is 9.94. The van der Waals surface area contributed by atoms with E-state index in [2.05, 4.69) is 6.92 Å². The van der Waals surface area contributed by atoms with Gasteiger partial charge in [-0.05, 0) is 36.5 Å². The summed E-state index contributed by atoms with van der Waals surface area (Å²) in [6.07, 6.45) is -1.21. The zero-order valence-corrected chi connectivity index (χ0v) is 12.2. The number of benzene rings is 1. The number of piperidine rings is 1. The fourth-order valence-electron chi connectivity index (χ4n) is 2.83. The minimum atomic E-state index is -4.31. The van der Waals surface area contributed by atoms with Crippen LogP contribution in [-0.4, -0.2) is 29.3 Å². The largest absolute Gasteiger partial charge is 0.416 e. The van der Waals surface area contributed by atoms with Crippen molar-refractivity contribution in [3.05, 3.63) is 35.4 Å². The molecule has 0 amide bonds. The van der Waals surface area contributed by atoms with Crippen LogP contribution in [0.5, 0.6) is 0 Å². The van der Waals surface area contributed by atoms with Gasteiger partial charge >= 0.3 is 6.18 Å². The molecule has 1 aromatic carbocycles. The molecule has 0 aromatic heterocycles. The first-order valence-corrected chi connectivity index (χ1v) is 7.48. The molecule has 1 fully saturated rings. The number of hydrogen-bond donors (Lipinski definition) is 1. The third-order valence-corrected chi connectivity index (χ3v) is 4.35. The Morgan fingerprint density at radius 3 is 2.24 bits per heavy atom. The molecule has 0 bridgehead atoms. The summed E-state index contributed by atoms with van der Waals surface area (Å²) in [7, 11) is 0. The zero-order valence-electron chi connectivity index (χ0n) is 12.2. The van der Waals surface area contributed by atoms with E-state index in [1.54, 1.807) is 0 Å². The average Bonchev–Trinajstić information content (AvgIpc) is 2.47. The minimum Gasteiger partial charge on any atom is -0.378 e. The monoisotopic (exact) mass is 301 g/mol. The van der Waals surface area contributed by atoms with Gasteiger partial charge in [-0.1, -0.05) is 25.5 Å². The second-order valence-corrected chi connectivity index (χ2v) is 5.77. The molecular weight excluding hydrogens is 279 g/mol. The first-order chi connectivity index (χ1) is 9.90. The molecule has 0 spiro atoms. The standard InChI is InChI=1S/C16H22F3NO/c1-2-12-7-9-20(10-8-12)15(21)11-13-3-5-14(6-4-13)16(17,18)19/h3-6,12,15,21H,2,7-11H2,1H3. The summed E-state index contributed by atoms with van der Waals surface area (Å²) in [5, 5.41) is 10.2. The van der Waals surface area contributed by atoms with Crippen LogP contribution in [0.1, 0.15) is 37.3 Å². The van der Waals surface area contributed by atoms with Gasteiger partial charge in [-0.3, -0.25) is 4.90 Å². The van der Waals surface area contributed by atoms with E-state index in [-0.39, 0.29) is 0 Å². The van der Waals surface area contributed by atoms with Gasteiger partial charge in [-0.25, -0.2) is 0 Å². The number of rotatable bonds is 4. The van der Waals surface area contributed by atoms with Crippen LogP contribution in [0.25, 0.3) is 0 Å². The molecule has 5 heteroatoms. The van der Waals surface area contributed by atoms with Crippen molar-refractivity contribution in [2.45, 2.75) is 45.0 Å². The van der Waals surface area contributed by atoms with Gasteiger partial charge in [0.15, 0.2) is 0 Å². The van der Waals surface area contributed by atoms with Gasteiger partial charge in [0.2, 0.25) is 0 Å². The van der Waals surface area contributed by atoms with Crippen LogP contribution in [0.2, 0.25) is 0 Å². The highest BCUT2D eigenvalue weighted by atomic mass is 19.4. The summed E-state index contributed by atoms with van der Waals surface area (Å²) in [4.78, 5) is 2.02. The Hall–Kier alpha value is -1.07. The third kappa shape index (κ3) is 4.45. The molecule has 1 heterocycles. The molecule has 1 aliphatic heterocycles. The minimum absolute atomic E-state index is 0.370. The Kier molecular flexibility index (Phi) is 5.27. The second kappa shape index (κ2) is 6.79. The molecule has 1 saturated heterocycles. The lowest BCUT2D eigenvalue weighted by Gasteiger charge is -2.34. The van der Waals surface area contributed by atoms with Crippen LogP contribution < -0.4 is 0 Å². The Labute approximate surface area is 123 Å². The number of nitrogens with zero attached hydrogens (tertiary/aromatic N) is 1. The molecule has 2 nitrogen and oxygen atoms in total. The van der Waals surface area contributed by atoms with Crippen molar-refractivity contribution >= 4 is 0 Å². The van der Waals surface area contributed by atoms with Gasteiger partial charge in [0.25, 0.3) is 0 Å². The number of halogens is 3. The number of likely N-dealkylation sites (tertiary alicyclic amines) is 1. The van der Waals surface area contributed by atoms with E-state index in [0.717, 1.165) is 49.5 Å². The van der Waals surface area contributed by atoms with Crippen molar-refractivity contribution in [1.29, 1.82) is 0 Å². The molecule has 1 unspecified atom stereocenters. The van der Waals surface area contributed by atoms with Gasteiger partial charge in [0.1, 0.15) is 6.23 Å². The van der Waals surface area contributed by atoms with E-state index >= 15 is 0 Å². The normalized spacial score (nSPS) is 19.7. The van der Waals surface area contributed by atoms with Crippen molar-refractivity contribution in [3.63, 3.8) is 0 Å². The van der Waals surface area contributed by atoms with E-state index in [1.807, 2.05) is 4.90 Å². The van der Waals surface area contributed by atoms with Crippen molar-refractivity contribution in [1.82, 2.24) is 4.90 Å².